The normalized spacial score (nSPS) is 18.4. The van der Waals surface area contributed by atoms with Crippen LogP contribution in [0.25, 0.3) is 0 Å². The molecule has 0 aromatic heterocycles. The first kappa shape index (κ1) is 16.7. The highest BCUT2D eigenvalue weighted by Crippen LogP contribution is 2.32. The van der Waals surface area contributed by atoms with E-state index in [2.05, 4.69) is 25.0 Å². The minimum Gasteiger partial charge on any atom is -0.456 e. The molecule has 2 rings (SSSR count). The van der Waals surface area contributed by atoms with Gasteiger partial charge in [0.1, 0.15) is 11.5 Å². The fourth-order valence-electron chi connectivity index (χ4n) is 2.58. The molecule has 1 heterocycles. The van der Waals surface area contributed by atoms with Crippen molar-refractivity contribution >= 4 is 17.3 Å². The van der Waals surface area contributed by atoms with E-state index in [1.807, 2.05) is 18.2 Å². The first-order valence-corrected chi connectivity index (χ1v) is 7.77. The number of aliphatic hydroxyl groups excluding tert-OH is 1. The molecule has 0 aliphatic carbocycles. The second-order valence-electron chi connectivity index (χ2n) is 5.56. The first-order valence-electron chi connectivity index (χ1n) is 7.39. The van der Waals surface area contributed by atoms with Gasteiger partial charge in [0, 0.05) is 30.4 Å². The number of hydrogen-bond acceptors (Lipinski definition) is 3. The zero-order valence-electron chi connectivity index (χ0n) is 12.9. The highest BCUT2D eigenvalue weighted by atomic mass is 35.5. The van der Waals surface area contributed by atoms with Crippen molar-refractivity contribution in [2.24, 2.45) is 5.92 Å². The van der Waals surface area contributed by atoms with Crippen LogP contribution in [-0.4, -0.2) is 18.2 Å². The van der Waals surface area contributed by atoms with Crippen LogP contribution in [0.5, 0.6) is 5.75 Å². The summed E-state index contributed by atoms with van der Waals surface area (Å²) < 4.78 is 5.70. The van der Waals surface area contributed by atoms with Crippen molar-refractivity contribution < 1.29 is 9.84 Å². The molecule has 1 aliphatic heterocycles. The van der Waals surface area contributed by atoms with Crippen LogP contribution >= 0.6 is 11.6 Å². The Morgan fingerprint density at radius 1 is 1.55 bits per heavy atom. The van der Waals surface area contributed by atoms with Crippen molar-refractivity contribution in [2.45, 2.75) is 20.0 Å². The third-order valence-electron chi connectivity index (χ3n) is 3.76. The van der Waals surface area contributed by atoms with Gasteiger partial charge < -0.3 is 14.7 Å². The molecule has 0 bridgehead atoms. The number of nitrogens with zero attached hydrogens (tertiary/aromatic N) is 1. The Kier molecular flexibility index (Phi) is 5.69. The van der Waals surface area contributed by atoms with Gasteiger partial charge in [-0.3, -0.25) is 0 Å². The van der Waals surface area contributed by atoms with E-state index in [1.165, 1.54) is 0 Å². The molecule has 4 heteroatoms. The molecule has 0 amide bonds. The molecule has 0 spiro atoms. The average Bonchev–Trinajstić information content (AvgIpc) is 2.93. The van der Waals surface area contributed by atoms with Crippen molar-refractivity contribution in [2.75, 3.05) is 18.0 Å². The number of hydrogen-bond donors (Lipinski definition) is 1. The lowest BCUT2D eigenvalue weighted by Crippen LogP contribution is -2.20. The fraction of sp³-hybridized carbons (Fsp3) is 0.333. The predicted molar refractivity (Wildman–Crippen MR) is 92.3 cm³/mol. The summed E-state index contributed by atoms with van der Waals surface area (Å²) in [5.41, 5.74) is 1.92. The molecule has 1 aliphatic rings. The van der Waals surface area contributed by atoms with Crippen LogP contribution in [0.1, 0.15) is 18.9 Å². The Balaban J connectivity index is 2.22. The summed E-state index contributed by atoms with van der Waals surface area (Å²) in [6.45, 7) is 11.7. The summed E-state index contributed by atoms with van der Waals surface area (Å²) in [7, 11) is 0. The molecular formula is C18H22ClNO2. The van der Waals surface area contributed by atoms with Gasteiger partial charge >= 0.3 is 0 Å². The van der Waals surface area contributed by atoms with E-state index in [0.717, 1.165) is 30.8 Å². The SMILES string of the molecule is C=C/C=C(/Cl)C(=C)Oc1ccc(CO)c(N2CCC(C)C2)c1. The Labute approximate surface area is 137 Å². The van der Waals surface area contributed by atoms with E-state index in [0.29, 0.717) is 22.5 Å². The highest BCUT2D eigenvalue weighted by molar-refractivity contribution is 6.31. The number of allylic oxidation sites excluding steroid dienone is 3. The molecule has 1 saturated heterocycles. The number of rotatable bonds is 6. The van der Waals surface area contributed by atoms with Crippen molar-refractivity contribution in [3.8, 4) is 5.75 Å². The van der Waals surface area contributed by atoms with Gasteiger partial charge in [0.05, 0.1) is 11.6 Å². The Bertz CT molecular complexity index is 595. The van der Waals surface area contributed by atoms with E-state index < -0.39 is 0 Å². The van der Waals surface area contributed by atoms with Crippen LogP contribution in [0.15, 0.2) is 54.3 Å². The molecular weight excluding hydrogens is 298 g/mol. The molecule has 1 fully saturated rings. The van der Waals surface area contributed by atoms with Crippen LogP contribution in [0.3, 0.4) is 0 Å². The second kappa shape index (κ2) is 7.52. The van der Waals surface area contributed by atoms with Gasteiger partial charge in [-0.25, -0.2) is 0 Å². The van der Waals surface area contributed by atoms with E-state index in [-0.39, 0.29) is 6.61 Å². The highest BCUT2D eigenvalue weighted by Gasteiger charge is 2.21. The minimum absolute atomic E-state index is 0.0125. The van der Waals surface area contributed by atoms with Gasteiger partial charge in [0.25, 0.3) is 0 Å². The molecule has 1 N–H and O–H groups in total. The standard InChI is InChI=1S/C18H22ClNO2/c1-4-5-17(19)14(3)22-16-7-6-15(12-21)18(10-16)20-9-8-13(2)11-20/h4-7,10,13,21H,1,3,8-9,11-12H2,2H3/b17-5+. The maximum Gasteiger partial charge on any atom is 0.138 e. The Morgan fingerprint density at radius 2 is 2.32 bits per heavy atom. The third-order valence-corrected chi connectivity index (χ3v) is 4.10. The van der Waals surface area contributed by atoms with Crippen LogP contribution in [0, 0.1) is 5.92 Å². The Hall–Kier alpha value is -1.71. The topological polar surface area (TPSA) is 32.7 Å². The quantitative estimate of drug-likeness (QED) is 0.629. The largest absolute Gasteiger partial charge is 0.456 e. The number of anilines is 1. The maximum atomic E-state index is 9.55. The molecule has 1 atom stereocenters. The van der Waals surface area contributed by atoms with Gasteiger partial charge in [-0.2, -0.15) is 0 Å². The summed E-state index contributed by atoms with van der Waals surface area (Å²) in [6, 6.07) is 5.64. The fourth-order valence-corrected chi connectivity index (χ4v) is 2.70. The van der Waals surface area contributed by atoms with Crippen LogP contribution in [0.4, 0.5) is 5.69 Å². The lowest BCUT2D eigenvalue weighted by atomic mass is 10.1. The molecule has 0 radical (unpaired) electrons. The first-order chi connectivity index (χ1) is 10.5. The Morgan fingerprint density at radius 3 is 2.91 bits per heavy atom. The van der Waals surface area contributed by atoms with Gasteiger partial charge in [-0.1, -0.05) is 43.8 Å². The van der Waals surface area contributed by atoms with Crippen LogP contribution in [0.2, 0.25) is 0 Å². The van der Waals surface area contributed by atoms with Crippen LogP contribution < -0.4 is 9.64 Å². The van der Waals surface area contributed by atoms with Crippen molar-refractivity contribution in [3.63, 3.8) is 0 Å². The zero-order valence-corrected chi connectivity index (χ0v) is 13.6. The minimum atomic E-state index is 0.0125. The van der Waals surface area contributed by atoms with Crippen molar-refractivity contribution in [1.29, 1.82) is 0 Å². The summed E-state index contributed by atoms with van der Waals surface area (Å²) in [5.74, 6) is 1.70. The summed E-state index contributed by atoms with van der Waals surface area (Å²) in [4.78, 5) is 2.28. The van der Waals surface area contributed by atoms with Gasteiger partial charge in [-0.15, -0.1) is 0 Å². The monoisotopic (exact) mass is 319 g/mol. The van der Waals surface area contributed by atoms with E-state index in [4.69, 9.17) is 16.3 Å². The molecule has 1 aromatic carbocycles. The van der Waals surface area contributed by atoms with Crippen LogP contribution in [-0.2, 0) is 6.61 Å². The third kappa shape index (κ3) is 3.93. The summed E-state index contributed by atoms with van der Waals surface area (Å²) in [6.07, 6.45) is 4.38. The smallest absolute Gasteiger partial charge is 0.138 e. The molecule has 3 nitrogen and oxygen atoms in total. The number of benzene rings is 1. The summed E-state index contributed by atoms with van der Waals surface area (Å²) in [5, 5.41) is 9.96. The lowest BCUT2D eigenvalue weighted by molar-refractivity contribution is 0.282. The summed E-state index contributed by atoms with van der Waals surface area (Å²) >= 11 is 6.04. The number of aliphatic hydroxyl groups is 1. The van der Waals surface area contributed by atoms with Gasteiger partial charge in [0.2, 0.25) is 0 Å². The van der Waals surface area contributed by atoms with Crippen molar-refractivity contribution in [3.05, 3.63) is 59.9 Å². The second-order valence-corrected chi connectivity index (χ2v) is 5.97. The number of halogens is 1. The molecule has 0 saturated carbocycles. The molecule has 118 valence electrons. The van der Waals surface area contributed by atoms with Gasteiger partial charge in [0.15, 0.2) is 0 Å². The zero-order chi connectivity index (χ0) is 16.1. The molecule has 1 aromatic rings. The number of ether oxygens (including phenoxy) is 1. The predicted octanol–water partition coefficient (Wildman–Crippen LogP) is 4.23. The van der Waals surface area contributed by atoms with E-state index >= 15 is 0 Å². The maximum absolute atomic E-state index is 9.55. The molecule has 22 heavy (non-hydrogen) atoms. The van der Waals surface area contributed by atoms with Crippen molar-refractivity contribution in [1.82, 2.24) is 0 Å². The van der Waals surface area contributed by atoms with E-state index in [1.54, 1.807) is 12.2 Å². The lowest BCUT2D eigenvalue weighted by Gasteiger charge is -2.22. The average molecular weight is 320 g/mol. The van der Waals surface area contributed by atoms with E-state index in [9.17, 15) is 5.11 Å². The molecule has 1 unspecified atom stereocenters. The van der Waals surface area contributed by atoms with Gasteiger partial charge in [-0.05, 0) is 24.5 Å².